The first-order valence-electron chi connectivity index (χ1n) is 13.6. The van der Waals surface area contributed by atoms with E-state index in [1.54, 1.807) is 5.57 Å². The summed E-state index contributed by atoms with van der Waals surface area (Å²) in [6.45, 7) is 20.5. The smallest absolute Gasteiger partial charge is 0.0579 e. The SMILES string of the molecule is CC1=CCC2(C)CCC3(C)C(C(O)CC4C5(C)CCCC(C)(C)C5CCC43C)C2C1C. The van der Waals surface area contributed by atoms with Crippen LogP contribution in [0.15, 0.2) is 11.6 Å². The summed E-state index contributed by atoms with van der Waals surface area (Å²) in [7, 11) is 0. The Balaban J connectivity index is 1.59. The monoisotopic (exact) mass is 426 g/mol. The summed E-state index contributed by atoms with van der Waals surface area (Å²) in [5, 5.41) is 12.0. The molecule has 176 valence electrons. The molecule has 1 heteroatoms. The van der Waals surface area contributed by atoms with Crippen LogP contribution in [0.5, 0.6) is 0 Å². The topological polar surface area (TPSA) is 20.2 Å². The highest BCUT2D eigenvalue weighted by Crippen LogP contribution is 2.76. The molecule has 0 aromatic carbocycles. The van der Waals surface area contributed by atoms with E-state index in [0.717, 1.165) is 12.3 Å². The van der Waals surface area contributed by atoms with Gasteiger partial charge in [0.15, 0.2) is 0 Å². The fourth-order valence-electron chi connectivity index (χ4n) is 11.3. The van der Waals surface area contributed by atoms with Crippen LogP contribution < -0.4 is 0 Å². The fourth-order valence-corrected chi connectivity index (χ4v) is 11.3. The summed E-state index contributed by atoms with van der Waals surface area (Å²) in [6, 6.07) is 0. The van der Waals surface area contributed by atoms with E-state index >= 15 is 0 Å². The van der Waals surface area contributed by atoms with Gasteiger partial charge in [-0.15, -0.1) is 0 Å². The molecule has 0 bridgehead atoms. The van der Waals surface area contributed by atoms with Crippen LogP contribution >= 0.6 is 0 Å². The summed E-state index contributed by atoms with van der Waals surface area (Å²) in [6.07, 6.45) is 14.3. The highest BCUT2D eigenvalue weighted by Gasteiger charge is 2.70. The van der Waals surface area contributed by atoms with Crippen molar-refractivity contribution in [1.29, 1.82) is 0 Å². The van der Waals surface area contributed by atoms with Gasteiger partial charge in [-0.1, -0.05) is 66.5 Å². The lowest BCUT2D eigenvalue weighted by atomic mass is 9.31. The summed E-state index contributed by atoms with van der Waals surface area (Å²) >= 11 is 0. The molecule has 5 aliphatic carbocycles. The Morgan fingerprint density at radius 3 is 2.26 bits per heavy atom. The van der Waals surface area contributed by atoms with Crippen molar-refractivity contribution in [3.05, 3.63) is 11.6 Å². The van der Waals surface area contributed by atoms with Crippen molar-refractivity contribution in [2.45, 2.75) is 119 Å². The first-order chi connectivity index (χ1) is 14.3. The minimum absolute atomic E-state index is 0.123. The highest BCUT2D eigenvalue weighted by molar-refractivity contribution is 5.23. The quantitative estimate of drug-likeness (QED) is 0.389. The Kier molecular flexibility index (Phi) is 4.82. The number of fused-ring (bicyclic) bond motifs is 7. The van der Waals surface area contributed by atoms with Crippen LogP contribution in [0.2, 0.25) is 0 Å². The Bertz CT molecular complexity index is 779. The van der Waals surface area contributed by atoms with Crippen molar-refractivity contribution in [1.82, 2.24) is 0 Å². The second-order valence-electron chi connectivity index (χ2n) is 14.8. The third-order valence-electron chi connectivity index (χ3n) is 13.3. The molecule has 4 fully saturated rings. The lowest BCUT2D eigenvalue weighted by molar-refractivity contribution is -0.268. The van der Waals surface area contributed by atoms with Gasteiger partial charge in [0.05, 0.1) is 6.10 Å². The summed E-state index contributed by atoms with van der Waals surface area (Å²) < 4.78 is 0. The van der Waals surface area contributed by atoms with Gasteiger partial charge in [0, 0.05) is 0 Å². The summed E-state index contributed by atoms with van der Waals surface area (Å²) in [5.74, 6) is 3.21. The lowest BCUT2D eigenvalue weighted by Gasteiger charge is -2.74. The molecule has 5 rings (SSSR count). The molecule has 4 saturated carbocycles. The maximum absolute atomic E-state index is 12.0. The molecule has 0 amide bonds. The van der Waals surface area contributed by atoms with Crippen molar-refractivity contribution in [2.75, 3.05) is 0 Å². The van der Waals surface area contributed by atoms with E-state index in [1.807, 2.05) is 0 Å². The molecule has 0 radical (unpaired) electrons. The van der Waals surface area contributed by atoms with Crippen LogP contribution in [0.25, 0.3) is 0 Å². The minimum Gasteiger partial charge on any atom is -0.393 e. The Hall–Kier alpha value is -0.300. The molecule has 1 N–H and O–H groups in total. The predicted octanol–water partition coefficient (Wildman–Crippen LogP) is 8.02. The second-order valence-corrected chi connectivity index (χ2v) is 14.8. The van der Waals surface area contributed by atoms with Gasteiger partial charge in [0.2, 0.25) is 0 Å². The van der Waals surface area contributed by atoms with Crippen LogP contribution in [-0.2, 0) is 0 Å². The number of rotatable bonds is 0. The maximum Gasteiger partial charge on any atom is 0.0579 e. The molecule has 0 saturated heterocycles. The van der Waals surface area contributed by atoms with Crippen molar-refractivity contribution in [3.8, 4) is 0 Å². The largest absolute Gasteiger partial charge is 0.393 e. The Morgan fingerprint density at radius 2 is 1.55 bits per heavy atom. The van der Waals surface area contributed by atoms with E-state index in [2.05, 4.69) is 61.5 Å². The van der Waals surface area contributed by atoms with E-state index in [9.17, 15) is 5.11 Å². The van der Waals surface area contributed by atoms with Crippen LogP contribution in [-0.4, -0.2) is 11.2 Å². The molecule has 1 nitrogen and oxygen atoms in total. The molecule has 0 heterocycles. The van der Waals surface area contributed by atoms with Crippen LogP contribution in [0.1, 0.15) is 113 Å². The van der Waals surface area contributed by atoms with E-state index in [0.29, 0.717) is 45.3 Å². The average molecular weight is 427 g/mol. The molecular formula is C30H50O. The standard InChI is InChI=1S/C30H50O/c1-19-10-14-27(5)16-17-30(8)25(24(27)20(19)2)21(31)18-23-28(6)13-9-12-26(3,4)22(28)11-15-29(23,30)7/h10,20-25,31H,9,11-18H2,1-8H3. The molecule has 0 spiro atoms. The van der Waals surface area contributed by atoms with E-state index in [-0.39, 0.29) is 11.5 Å². The molecule has 5 aliphatic rings. The van der Waals surface area contributed by atoms with Gasteiger partial charge >= 0.3 is 0 Å². The zero-order valence-corrected chi connectivity index (χ0v) is 21.9. The van der Waals surface area contributed by atoms with Crippen LogP contribution in [0, 0.1) is 56.7 Å². The minimum atomic E-state index is -0.123. The molecule has 0 aromatic heterocycles. The molecule has 0 aromatic rings. The lowest BCUT2D eigenvalue weighted by Crippen LogP contribution is -2.69. The molecule has 31 heavy (non-hydrogen) atoms. The first-order valence-corrected chi connectivity index (χ1v) is 13.6. The van der Waals surface area contributed by atoms with E-state index < -0.39 is 0 Å². The van der Waals surface area contributed by atoms with Crippen molar-refractivity contribution in [2.24, 2.45) is 56.7 Å². The first kappa shape index (κ1) is 22.5. The van der Waals surface area contributed by atoms with Crippen LogP contribution in [0.3, 0.4) is 0 Å². The Morgan fingerprint density at radius 1 is 0.839 bits per heavy atom. The number of hydrogen-bond acceptors (Lipinski definition) is 1. The molecular weight excluding hydrogens is 376 g/mol. The van der Waals surface area contributed by atoms with E-state index in [1.165, 1.54) is 51.4 Å². The van der Waals surface area contributed by atoms with Gasteiger partial charge in [-0.2, -0.15) is 0 Å². The van der Waals surface area contributed by atoms with Gasteiger partial charge in [0.25, 0.3) is 0 Å². The zero-order chi connectivity index (χ0) is 22.6. The van der Waals surface area contributed by atoms with Crippen molar-refractivity contribution >= 4 is 0 Å². The van der Waals surface area contributed by atoms with Gasteiger partial charge in [-0.25, -0.2) is 0 Å². The normalized spacial score (nSPS) is 58.3. The van der Waals surface area contributed by atoms with E-state index in [4.69, 9.17) is 0 Å². The van der Waals surface area contributed by atoms with Gasteiger partial charge in [0.1, 0.15) is 0 Å². The van der Waals surface area contributed by atoms with Crippen LogP contribution in [0.4, 0.5) is 0 Å². The average Bonchev–Trinajstić information content (AvgIpc) is 2.67. The summed E-state index contributed by atoms with van der Waals surface area (Å²) in [4.78, 5) is 0. The van der Waals surface area contributed by atoms with Crippen molar-refractivity contribution in [3.63, 3.8) is 0 Å². The van der Waals surface area contributed by atoms with Gasteiger partial charge in [-0.3, -0.25) is 0 Å². The maximum atomic E-state index is 12.0. The third kappa shape index (κ3) is 2.71. The second kappa shape index (κ2) is 6.64. The highest BCUT2D eigenvalue weighted by atomic mass is 16.3. The molecule has 0 aliphatic heterocycles. The number of aliphatic hydroxyl groups excluding tert-OH is 1. The number of aliphatic hydroxyl groups is 1. The van der Waals surface area contributed by atoms with Gasteiger partial charge in [-0.05, 0) is 115 Å². The predicted molar refractivity (Wildman–Crippen MR) is 131 cm³/mol. The summed E-state index contributed by atoms with van der Waals surface area (Å²) in [5.41, 5.74) is 3.45. The number of allylic oxidation sites excluding steroid dienone is 2. The third-order valence-corrected chi connectivity index (χ3v) is 13.3. The molecule has 10 atom stereocenters. The Labute approximate surface area is 192 Å². The zero-order valence-electron chi connectivity index (χ0n) is 21.9. The molecule has 10 unspecified atom stereocenters. The van der Waals surface area contributed by atoms with Gasteiger partial charge < -0.3 is 5.11 Å². The van der Waals surface area contributed by atoms with Crippen molar-refractivity contribution < 1.29 is 5.11 Å². The number of hydrogen-bond donors (Lipinski definition) is 1. The fraction of sp³-hybridized carbons (Fsp3) is 0.933.